The summed E-state index contributed by atoms with van der Waals surface area (Å²) in [5.41, 5.74) is 0. The highest BCUT2D eigenvalue weighted by Crippen LogP contribution is 2.21. The van der Waals surface area contributed by atoms with Crippen molar-refractivity contribution in [3.05, 3.63) is 0 Å². The van der Waals surface area contributed by atoms with Crippen molar-refractivity contribution < 1.29 is 19.1 Å². The number of carbonyl (C=O) groups excluding carboxylic acids is 2. The molecular weight excluding hydrogens is 260 g/mol. The molecule has 0 saturated carbocycles. The number of ether oxygens (including phenoxy) is 2. The van der Waals surface area contributed by atoms with Crippen LogP contribution in [0.15, 0.2) is 0 Å². The minimum atomic E-state index is -0.253. The van der Waals surface area contributed by atoms with Crippen molar-refractivity contribution in [1.82, 2.24) is 9.80 Å². The maximum atomic E-state index is 11.9. The van der Waals surface area contributed by atoms with Crippen molar-refractivity contribution in [1.29, 1.82) is 0 Å². The molecule has 0 aliphatic carbocycles. The minimum absolute atomic E-state index is 0.115. The van der Waals surface area contributed by atoms with Crippen LogP contribution in [0.2, 0.25) is 0 Å². The van der Waals surface area contributed by atoms with E-state index in [1.165, 1.54) is 7.11 Å². The molecule has 0 N–H and O–H groups in total. The van der Waals surface area contributed by atoms with Gasteiger partial charge in [-0.25, -0.2) is 0 Å². The maximum Gasteiger partial charge on any atom is 0.323 e. The summed E-state index contributed by atoms with van der Waals surface area (Å²) in [5.74, 6) is 0.0193. The Morgan fingerprint density at radius 3 is 2.70 bits per heavy atom. The number of esters is 1. The third kappa shape index (κ3) is 3.49. The lowest BCUT2D eigenvalue weighted by Crippen LogP contribution is -2.51. The zero-order chi connectivity index (χ0) is 14.5. The van der Waals surface area contributed by atoms with Crippen molar-refractivity contribution in [2.75, 3.05) is 40.4 Å². The standard InChI is InChI=1S/C14H24N2O4/c1-19-11-5-7-15(12(10-11)14(18)20-2)8-9-16-6-3-4-13(16)17/h11-12H,3-10H2,1-2H3/t11-,12-/m0/s1. The van der Waals surface area contributed by atoms with E-state index < -0.39 is 0 Å². The smallest absolute Gasteiger partial charge is 0.323 e. The highest BCUT2D eigenvalue weighted by Gasteiger charge is 2.34. The van der Waals surface area contributed by atoms with Crippen molar-refractivity contribution in [2.24, 2.45) is 0 Å². The Hall–Kier alpha value is -1.14. The molecule has 6 nitrogen and oxygen atoms in total. The van der Waals surface area contributed by atoms with E-state index >= 15 is 0 Å². The lowest BCUT2D eigenvalue weighted by Gasteiger charge is -2.37. The third-order valence-electron chi connectivity index (χ3n) is 4.30. The second-order valence-electron chi connectivity index (χ2n) is 5.44. The van der Waals surface area contributed by atoms with Crippen LogP contribution in [0.1, 0.15) is 25.7 Å². The van der Waals surface area contributed by atoms with E-state index in [1.807, 2.05) is 4.90 Å². The van der Waals surface area contributed by atoms with Crippen LogP contribution in [0.4, 0.5) is 0 Å². The van der Waals surface area contributed by atoms with Gasteiger partial charge in [0.1, 0.15) is 6.04 Å². The summed E-state index contributed by atoms with van der Waals surface area (Å²) in [6.45, 7) is 3.07. The van der Waals surface area contributed by atoms with E-state index in [0.717, 1.165) is 32.5 Å². The molecule has 2 aliphatic heterocycles. The molecule has 0 bridgehead atoms. The number of rotatable bonds is 5. The van der Waals surface area contributed by atoms with E-state index in [9.17, 15) is 9.59 Å². The Morgan fingerprint density at radius 2 is 2.10 bits per heavy atom. The molecule has 0 aromatic heterocycles. The van der Waals surface area contributed by atoms with Crippen molar-refractivity contribution in [3.8, 4) is 0 Å². The molecule has 20 heavy (non-hydrogen) atoms. The Kier molecular flexibility index (Phi) is 5.37. The number of amides is 1. The lowest BCUT2D eigenvalue weighted by atomic mass is 9.99. The topological polar surface area (TPSA) is 59.1 Å². The fourth-order valence-electron chi connectivity index (χ4n) is 3.03. The van der Waals surface area contributed by atoms with Crippen molar-refractivity contribution in [3.63, 3.8) is 0 Å². The summed E-state index contributed by atoms with van der Waals surface area (Å²) in [7, 11) is 3.10. The molecule has 2 atom stereocenters. The van der Waals surface area contributed by atoms with Gasteiger partial charge in [0.2, 0.25) is 5.91 Å². The molecule has 0 radical (unpaired) electrons. The summed E-state index contributed by atoms with van der Waals surface area (Å²) >= 11 is 0. The Labute approximate surface area is 120 Å². The molecule has 2 aliphatic rings. The second kappa shape index (κ2) is 7.04. The van der Waals surface area contributed by atoms with Crippen LogP contribution in [0.5, 0.6) is 0 Å². The first-order valence-electron chi connectivity index (χ1n) is 7.28. The molecule has 6 heteroatoms. The monoisotopic (exact) mass is 284 g/mol. The van der Waals surface area contributed by atoms with Crippen LogP contribution < -0.4 is 0 Å². The van der Waals surface area contributed by atoms with Gasteiger partial charge in [0.25, 0.3) is 0 Å². The number of likely N-dealkylation sites (tertiary alicyclic amines) is 2. The average Bonchev–Trinajstić information content (AvgIpc) is 2.89. The molecular formula is C14H24N2O4. The quantitative estimate of drug-likeness (QED) is 0.678. The van der Waals surface area contributed by atoms with Crippen molar-refractivity contribution >= 4 is 11.9 Å². The summed E-state index contributed by atoms with van der Waals surface area (Å²) < 4.78 is 10.2. The minimum Gasteiger partial charge on any atom is -0.468 e. The first-order valence-corrected chi connectivity index (χ1v) is 7.28. The molecule has 2 rings (SSSR count). The first-order chi connectivity index (χ1) is 9.65. The van der Waals surface area contributed by atoms with Gasteiger partial charge in [-0.3, -0.25) is 14.5 Å². The maximum absolute atomic E-state index is 11.9. The van der Waals surface area contributed by atoms with E-state index in [2.05, 4.69) is 4.90 Å². The highest BCUT2D eigenvalue weighted by molar-refractivity contribution is 5.78. The molecule has 114 valence electrons. The normalized spacial score (nSPS) is 27.9. The van der Waals surface area contributed by atoms with Crippen LogP contribution in [0.3, 0.4) is 0 Å². The summed E-state index contributed by atoms with van der Waals surface area (Å²) in [6.07, 6.45) is 3.30. The number of hydrogen-bond acceptors (Lipinski definition) is 5. The third-order valence-corrected chi connectivity index (χ3v) is 4.30. The van der Waals surface area contributed by atoms with Crippen LogP contribution >= 0.6 is 0 Å². The van der Waals surface area contributed by atoms with Gasteiger partial charge in [0, 0.05) is 39.7 Å². The number of carbonyl (C=O) groups is 2. The summed E-state index contributed by atoms with van der Waals surface area (Å²) in [4.78, 5) is 27.5. The fraction of sp³-hybridized carbons (Fsp3) is 0.857. The largest absolute Gasteiger partial charge is 0.468 e. The van der Waals surface area contributed by atoms with Crippen LogP contribution in [-0.4, -0.2) is 74.2 Å². The van der Waals surface area contributed by atoms with E-state index in [0.29, 0.717) is 19.4 Å². The zero-order valence-corrected chi connectivity index (χ0v) is 12.3. The number of hydrogen-bond donors (Lipinski definition) is 0. The van der Waals surface area contributed by atoms with Crippen LogP contribution in [0, 0.1) is 0 Å². The van der Waals surface area contributed by atoms with E-state index in [4.69, 9.17) is 9.47 Å². The summed E-state index contributed by atoms with van der Waals surface area (Å²) in [6, 6.07) is -0.253. The highest BCUT2D eigenvalue weighted by atomic mass is 16.5. The Bertz CT molecular complexity index is 361. The van der Waals surface area contributed by atoms with E-state index in [1.54, 1.807) is 7.11 Å². The van der Waals surface area contributed by atoms with Crippen LogP contribution in [0.25, 0.3) is 0 Å². The van der Waals surface area contributed by atoms with Crippen LogP contribution in [-0.2, 0) is 19.1 Å². The Balaban J connectivity index is 1.90. The predicted octanol–water partition coefficient (Wildman–Crippen LogP) is 0.261. The van der Waals surface area contributed by atoms with Gasteiger partial charge in [-0.05, 0) is 19.3 Å². The molecule has 0 spiro atoms. The van der Waals surface area contributed by atoms with E-state index in [-0.39, 0.29) is 24.0 Å². The van der Waals surface area contributed by atoms with Gasteiger partial charge in [0.15, 0.2) is 0 Å². The molecule has 0 aromatic carbocycles. The number of nitrogens with zero attached hydrogens (tertiary/aromatic N) is 2. The molecule has 2 heterocycles. The molecule has 0 aromatic rings. The second-order valence-corrected chi connectivity index (χ2v) is 5.44. The van der Waals surface area contributed by atoms with Gasteiger partial charge in [0.05, 0.1) is 13.2 Å². The van der Waals surface area contributed by atoms with Gasteiger partial charge >= 0.3 is 5.97 Å². The van der Waals surface area contributed by atoms with Gasteiger partial charge in [-0.2, -0.15) is 0 Å². The SMILES string of the molecule is COC(=O)[C@@H]1C[C@@H](OC)CCN1CCN1CCCC1=O. The first kappa shape index (κ1) is 15.3. The van der Waals surface area contributed by atoms with Gasteiger partial charge in [-0.15, -0.1) is 0 Å². The predicted molar refractivity (Wildman–Crippen MR) is 73.2 cm³/mol. The lowest BCUT2D eigenvalue weighted by molar-refractivity contribution is -0.150. The Morgan fingerprint density at radius 1 is 1.30 bits per heavy atom. The fourth-order valence-corrected chi connectivity index (χ4v) is 3.03. The number of methoxy groups -OCH3 is 2. The summed E-state index contributed by atoms with van der Waals surface area (Å²) in [5, 5.41) is 0. The molecule has 1 amide bonds. The molecule has 2 fully saturated rings. The number of piperidine rings is 1. The molecule has 0 unspecified atom stereocenters. The zero-order valence-electron chi connectivity index (χ0n) is 12.3. The average molecular weight is 284 g/mol. The van der Waals surface area contributed by atoms with Gasteiger partial charge in [-0.1, -0.05) is 0 Å². The van der Waals surface area contributed by atoms with Gasteiger partial charge < -0.3 is 14.4 Å². The molecule has 2 saturated heterocycles. The van der Waals surface area contributed by atoms with Crippen molar-refractivity contribution in [2.45, 2.75) is 37.8 Å².